The second-order valence-electron chi connectivity index (χ2n) is 6.13. The molecule has 0 saturated carbocycles. The van der Waals surface area contributed by atoms with Gasteiger partial charge >= 0.3 is 0 Å². The molecule has 7 heteroatoms. The highest BCUT2D eigenvalue weighted by atomic mass is 19.1. The minimum atomic E-state index is -0.364. The zero-order valence-electron chi connectivity index (χ0n) is 15.9. The summed E-state index contributed by atoms with van der Waals surface area (Å²) < 4.78 is 21.0. The lowest BCUT2D eigenvalue weighted by Gasteiger charge is -2.19. The highest BCUT2D eigenvalue weighted by molar-refractivity contribution is 5.80. The van der Waals surface area contributed by atoms with E-state index < -0.39 is 0 Å². The third kappa shape index (κ3) is 5.47. The van der Waals surface area contributed by atoms with Crippen LogP contribution in [0.5, 0.6) is 5.75 Å². The van der Waals surface area contributed by atoms with Gasteiger partial charge in [0.2, 0.25) is 0 Å². The molecule has 1 atom stereocenters. The molecule has 1 aromatic carbocycles. The van der Waals surface area contributed by atoms with Crippen molar-refractivity contribution in [3.05, 3.63) is 47.8 Å². The van der Waals surface area contributed by atoms with Crippen LogP contribution in [0, 0.1) is 12.7 Å². The lowest BCUT2D eigenvalue weighted by atomic mass is 10.1. The van der Waals surface area contributed by atoms with E-state index in [0.717, 1.165) is 37.3 Å². The highest BCUT2D eigenvalue weighted by Gasteiger charge is 2.11. The number of rotatable bonds is 8. The van der Waals surface area contributed by atoms with Crippen LogP contribution in [0.4, 0.5) is 4.39 Å². The van der Waals surface area contributed by atoms with Crippen LogP contribution in [0.3, 0.4) is 0 Å². The Morgan fingerprint density at radius 3 is 2.81 bits per heavy atom. The zero-order chi connectivity index (χ0) is 18.9. The summed E-state index contributed by atoms with van der Waals surface area (Å²) in [4.78, 5) is 8.45. The van der Waals surface area contributed by atoms with Gasteiger partial charge in [0, 0.05) is 32.5 Å². The van der Waals surface area contributed by atoms with Crippen molar-refractivity contribution in [2.24, 2.45) is 4.99 Å². The largest absolute Gasteiger partial charge is 0.494 e. The van der Waals surface area contributed by atoms with E-state index in [1.165, 1.54) is 13.2 Å². The summed E-state index contributed by atoms with van der Waals surface area (Å²) in [7, 11) is 3.19. The molecule has 6 nitrogen and oxygen atoms in total. The molecule has 0 fully saturated rings. The molecular formula is C19H28FN5O. The normalized spacial score (nSPS) is 12.7. The molecule has 0 aliphatic heterocycles. The smallest absolute Gasteiger partial charge is 0.191 e. The van der Waals surface area contributed by atoms with Crippen molar-refractivity contribution in [2.75, 3.05) is 20.7 Å². The maximum Gasteiger partial charge on any atom is 0.191 e. The number of aromatic nitrogens is 2. The first-order valence-electron chi connectivity index (χ1n) is 8.83. The SMILES string of the molecule is CN=C(NCCCCn1ccnc1C)NC(C)c1ccc(OC)c(F)c1. The van der Waals surface area contributed by atoms with Crippen LogP contribution < -0.4 is 15.4 Å². The van der Waals surface area contributed by atoms with E-state index in [1.807, 2.05) is 32.3 Å². The Bertz CT molecular complexity index is 728. The number of methoxy groups -OCH3 is 1. The van der Waals surface area contributed by atoms with E-state index in [1.54, 1.807) is 13.1 Å². The molecule has 1 unspecified atom stereocenters. The minimum absolute atomic E-state index is 0.0739. The van der Waals surface area contributed by atoms with Crippen molar-refractivity contribution >= 4 is 5.96 Å². The average molecular weight is 361 g/mol. The van der Waals surface area contributed by atoms with Gasteiger partial charge in [-0.05, 0) is 44.4 Å². The number of nitrogens with one attached hydrogen (secondary N) is 2. The first-order valence-corrected chi connectivity index (χ1v) is 8.83. The van der Waals surface area contributed by atoms with Crippen LogP contribution >= 0.6 is 0 Å². The van der Waals surface area contributed by atoms with E-state index in [9.17, 15) is 4.39 Å². The summed E-state index contributed by atoms with van der Waals surface area (Å²) >= 11 is 0. The summed E-state index contributed by atoms with van der Waals surface area (Å²) in [5.74, 6) is 1.62. The first kappa shape index (κ1) is 19.8. The number of aliphatic imine (C=N–C) groups is 1. The van der Waals surface area contributed by atoms with Crippen LogP contribution in [-0.4, -0.2) is 36.2 Å². The molecule has 0 aliphatic carbocycles. The van der Waals surface area contributed by atoms with Crippen LogP contribution in [0.15, 0.2) is 35.6 Å². The maximum absolute atomic E-state index is 13.9. The third-order valence-corrected chi connectivity index (χ3v) is 4.29. The van der Waals surface area contributed by atoms with Gasteiger partial charge in [-0.1, -0.05) is 6.07 Å². The molecule has 0 radical (unpaired) electrons. The Morgan fingerprint density at radius 2 is 2.19 bits per heavy atom. The quantitative estimate of drug-likeness (QED) is 0.431. The molecule has 0 amide bonds. The maximum atomic E-state index is 13.9. The van der Waals surface area contributed by atoms with E-state index >= 15 is 0 Å². The number of nitrogens with zero attached hydrogens (tertiary/aromatic N) is 3. The van der Waals surface area contributed by atoms with E-state index in [4.69, 9.17) is 4.74 Å². The fourth-order valence-electron chi connectivity index (χ4n) is 2.69. The minimum Gasteiger partial charge on any atom is -0.494 e. The fourth-order valence-corrected chi connectivity index (χ4v) is 2.69. The predicted octanol–water partition coefficient (Wildman–Crippen LogP) is 3.05. The number of unbranched alkanes of at least 4 members (excludes halogenated alkanes) is 1. The van der Waals surface area contributed by atoms with E-state index in [-0.39, 0.29) is 17.6 Å². The van der Waals surface area contributed by atoms with Crippen molar-refractivity contribution in [2.45, 2.75) is 39.3 Å². The molecule has 2 N–H and O–H groups in total. The molecular weight excluding hydrogens is 333 g/mol. The molecule has 2 rings (SSSR count). The highest BCUT2D eigenvalue weighted by Crippen LogP contribution is 2.21. The van der Waals surface area contributed by atoms with Gasteiger partial charge in [-0.25, -0.2) is 9.37 Å². The van der Waals surface area contributed by atoms with Gasteiger partial charge < -0.3 is 19.9 Å². The zero-order valence-corrected chi connectivity index (χ0v) is 15.9. The Hall–Kier alpha value is -2.57. The Balaban J connectivity index is 1.76. The predicted molar refractivity (Wildman–Crippen MR) is 102 cm³/mol. The number of hydrogen-bond acceptors (Lipinski definition) is 3. The number of halogens is 1. The summed E-state index contributed by atoms with van der Waals surface area (Å²) in [6.45, 7) is 5.75. The molecule has 26 heavy (non-hydrogen) atoms. The fraction of sp³-hybridized carbons (Fsp3) is 0.474. The molecule has 0 bridgehead atoms. The molecule has 0 spiro atoms. The number of imidazole rings is 1. The first-order chi connectivity index (χ1) is 12.5. The van der Waals surface area contributed by atoms with Gasteiger partial charge in [0.05, 0.1) is 13.2 Å². The molecule has 0 aliphatic rings. The van der Waals surface area contributed by atoms with Gasteiger partial charge in [-0.3, -0.25) is 4.99 Å². The summed E-state index contributed by atoms with van der Waals surface area (Å²) in [5, 5.41) is 6.57. The van der Waals surface area contributed by atoms with E-state index in [2.05, 4.69) is 25.2 Å². The average Bonchev–Trinajstić information content (AvgIpc) is 3.05. The van der Waals surface area contributed by atoms with Gasteiger partial charge in [0.15, 0.2) is 17.5 Å². The van der Waals surface area contributed by atoms with Gasteiger partial charge in [0.25, 0.3) is 0 Å². The monoisotopic (exact) mass is 361 g/mol. The number of guanidine groups is 1. The van der Waals surface area contributed by atoms with Gasteiger partial charge in [-0.15, -0.1) is 0 Å². The van der Waals surface area contributed by atoms with Crippen molar-refractivity contribution in [1.82, 2.24) is 20.2 Å². The number of hydrogen-bond donors (Lipinski definition) is 2. The van der Waals surface area contributed by atoms with Gasteiger partial charge in [-0.2, -0.15) is 0 Å². The molecule has 1 heterocycles. The lowest BCUT2D eigenvalue weighted by molar-refractivity contribution is 0.386. The summed E-state index contributed by atoms with van der Waals surface area (Å²) in [6.07, 6.45) is 5.89. The summed E-state index contributed by atoms with van der Waals surface area (Å²) in [6, 6.07) is 4.89. The molecule has 2 aromatic rings. The standard InChI is InChI=1S/C19H28FN5O/c1-14(16-7-8-18(26-4)17(20)13-16)24-19(21-3)23-9-5-6-11-25-12-10-22-15(25)2/h7-8,10,12-14H,5-6,9,11H2,1-4H3,(H2,21,23,24). The Kier molecular flexibility index (Phi) is 7.44. The second-order valence-corrected chi connectivity index (χ2v) is 6.13. The molecule has 142 valence electrons. The number of benzene rings is 1. The van der Waals surface area contributed by atoms with Crippen molar-refractivity contribution in [1.29, 1.82) is 0 Å². The molecule has 1 aromatic heterocycles. The van der Waals surface area contributed by atoms with Crippen LogP contribution in [-0.2, 0) is 6.54 Å². The lowest BCUT2D eigenvalue weighted by Crippen LogP contribution is -2.39. The Morgan fingerprint density at radius 1 is 1.38 bits per heavy atom. The Labute approximate surface area is 154 Å². The number of aryl methyl sites for hydroxylation is 2. The van der Waals surface area contributed by atoms with Crippen molar-refractivity contribution in [3.63, 3.8) is 0 Å². The second kappa shape index (κ2) is 9.79. The van der Waals surface area contributed by atoms with Gasteiger partial charge in [0.1, 0.15) is 5.82 Å². The summed E-state index contributed by atoms with van der Waals surface area (Å²) in [5.41, 5.74) is 0.835. The topological polar surface area (TPSA) is 63.5 Å². The third-order valence-electron chi connectivity index (χ3n) is 4.29. The van der Waals surface area contributed by atoms with E-state index in [0.29, 0.717) is 5.96 Å². The van der Waals surface area contributed by atoms with Crippen molar-refractivity contribution < 1.29 is 9.13 Å². The van der Waals surface area contributed by atoms with Crippen LogP contribution in [0.1, 0.15) is 37.2 Å². The van der Waals surface area contributed by atoms with Crippen LogP contribution in [0.25, 0.3) is 0 Å². The number of ether oxygens (including phenoxy) is 1. The molecule has 0 saturated heterocycles. The van der Waals surface area contributed by atoms with Crippen LogP contribution in [0.2, 0.25) is 0 Å². The van der Waals surface area contributed by atoms with Crippen molar-refractivity contribution in [3.8, 4) is 5.75 Å².